The van der Waals surface area contributed by atoms with Gasteiger partial charge in [-0.05, 0) is 39.2 Å². The molecular formula is C17H11F2O4S-. The fourth-order valence-corrected chi connectivity index (χ4v) is 2.67. The predicted octanol–water partition coefficient (Wildman–Crippen LogP) is 3.57. The van der Waals surface area contributed by atoms with Crippen molar-refractivity contribution in [1.82, 2.24) is 0 Å². The number of fused-ring (bicyclic) bond motifs is 2. The number of alkyl halides is 2. The summed E-state index contributed by atoms with van der Waals surface area (Å²) in [6, 6.07) is 17.0. The van der Waals surface area contributed by atoms with Gasteiger partial charge in [0.05, 0.1) is 12.0 Å². The molecule has 124 valence electrons. The number of benzene rings is 3. The second-order valence-corrected chi connectivity index (χ2v) is 5.90. The van der Waals surface area contributed by atoms with Crippen LogP contribution in [0.5, 0.6) is 0 Å². The lowest BCUT2D eigenvalue weighted by atomic mass is 10.00. The van der Waals surface area contributed by atoms with E-state index in [9.17, 15) is 18.8 Å². The van der Waals surface area contributed by atoms with Crippen LogP contribution in [0.15, 0.2) is 54.6 Å². The Balaban J connectivity index is 1.89. The summed E-state index contributed by atoms with van der Waals surface area (Å²) in [5.41, 5.74) is 0.593. The monoisotopic (exact) mass is 349 g/mol. The first-order valence-electron chi connectivity index (χ1n) is 6.94. The molecule has 4 nitrogen and oxygen atoms in total. The highest BCUT2D eigenvalue weighted by atomic mass is 32.2. The van der Waals surface area contributed by atoms with Crippen LogP contribution in [-0.2, 0) is 20.5 Å². The van der Waals surface area contributed by atoms with Crippen molar-refractivity contribution in [3.05, 3.63) is 60.2 Å². The van der Waals surface area contributed by atoms with Gasteiger partial charge in [-0.3, -0.25) is 0 Å². The third-order valence-electron chi connectivity index (χ3n) is 3.57. The molecule has 3 rings (SSSR count). The summed E-state index contributed by atoms with van der Waals surface area (Å²) in [5, 5.41) is 9.51. The average Bonchev–Trinajstić information content (AvgIpc) is 2.57. The lowest BCUT2D eigenvalue weighted by Gasteiger charge is -2.16. The summed E-state index contributed by atoms with van der Waals surface area (Å²) < 4.78 is 34.1. The van der Waals surface area contributed by atoms with E-state index in [0.29, 0.717) is 5.56 Å². The highest BCUT2D eigenvalue weighted by molar-refractivity contribution is 7.96. The second-order valence-electron chi connectivity index (χ2n) is 5.08. The van der Waals surface area contributed by atoms with Crippen molar-refractivity contribution in [3.8, 4) is 0 Å². The highest BCUT2D eigenvalue weighted by Crippen LogP contribution is 2.31. The Kier molecular flexibility index (Phi) is 4.66. The molecule has 0 amide bonds. The van der Waals surface area contributed by atoms with Crippen LogP contribution in [0.1, 0.15) is 5.56 Å². The van der Waals surface area contributed by atoms with Crippen molar-refractivity contribution in [2.24, 2.45) is 0 Å². The largest absolute Gasteiger partial charge is 0.710 e. The number of carbonyl (C=O) groups is 1. The minimum Gasteiger partial charge on any atom is -0.710 e. The first-order chi connectivity index (χ1) is 11.5. The van der Waals surface area contributed by atoms with Crippen LogP contribution in [0, 0.1) is 0 Å². The Labute approximate surface area is 140 Å². The molecule has 0 N–H and O–H groups in total. The number of ether oxygens (including phenoxy) is 1. The van der Waals surface area contributed by atoms with E-state index in [-0.39, 0.29) is 6.61 Å². The third-order valence-corrected chi connectivity index (χ3v) is 4.02. The van der Waals surface area contributed by atoms with Crippen molar-refractivity contribution < 1.29 is 27.9 Å². The third kappa shape index (κ3) is 3.33. The van der Waals surface area contributed by atoms with Gasteiger partial charge in [0.2, 0.25) is 0 Å². The molecule has 3 aromatic rings. The van der Waals surface area contributed by atoms with Crippen molar-refractivity contribution in [1.29, 1.82) is 0 Å². The smallest absolute Gasteiger partial charge is 0.412 e. The Hall–Kier alpha value is -2.22. The van der Waals surface area contributed by atoms with Gasteiger partial charge in [0.25, 0.3) is 0 Å². The molecule has 0 spiro atoms. The molecule has 0 radical (unpaired) electrons. The fraction of sp³-hybridized carbons (Fsp3) is 0.118. The number of hydrogen-bond donors (Lipinski definition) is 0. The maximum absolute atomic E-state index is 13.2. The van der Waals surface area contributed by atoms with Crippen LogP contribution in [0.25, 0.3) is 21.5 Å². The van der Waals surface area contributed by atoms with Gasteiger partial charge in [0.1, 0.15) is 6.61 Å². The van der Waals surface area contributed by atoms with Gasteiger partial charge in [-0.2, -0.15) is 8.78 Å². The molecule has 24 heavy (non-hydrogen) atoms. The van der Waals surface area contributed by atoms with Crippen LogP contribution in [-0.4, -0.2) is 11.2 Å². The van der Waals surface area contributed by atoms with E-state index in [4.69, 9.17) is 0 Å². The van der Waals surface area contributed by atoms with Crippen LogP contribution in [0.3, 0.4) is 0 Å². The zero-order valence-electron chi connectivity index (χ0n) is 12.2. The molecule has 3 aromatic carbocycles. The number of esters is 1. The van der Waals surface area contributed by atoms with Crippen molar-refractivity contribution in [3.63, 3.8) is 0 Å². The molecule has 0 bridgehead atoms. The molecule has 0 aromatic heterocycles. The quantitative estimate of drug-likeness (QED) is 0.232. The van der Waals surface area contributed by atoms with E-state index >= 15 is 0 Å². The lowest BCUT2D eigenvalue weighted by Crippen LogP contribution is -2.28. The van der Waals surface area contributed by atoms with Gasteiger partial charge in [0.15, 0.2) is 0 Å². The molecule has 0 saturated heterocycles. The van der Waals surface area contributed by atoms with Crippen molar-refractivity contribution >= 4 is 39.6 Å². The summed E-state index contributed by atoms with van der Waals surface area (Å²) in [4.78, 5) is 11.4. The Bertz CT molecular complexity index is 898. The average molecular weight is 349 g/mol. The zero-order valence-corrected chi connectivity index (χ0v) is 13.0. The maximum Gasteiger partial charge on any atom is 0.412 e. The van der Waals surface area contributed by atoms with Gasteiger partial charge >= 0.3 is 11.2 Å². The molecule has 7 heteroatoms. The van der Waals surface area contributed by atoms with Crippen LogP contribution in [0.2, 0.25) is 0 Å². The molecule has 0 aliphatic heterocycles. The Morgan fingerprint density at radius 1 is 1.04 bits per heavy atom. The number of halogens is 2. The minimum atomic E-state index is -4.04. The summed E-state index contributed by atoms with van der Waals surface area (Å²) in [7, 11) is 0. The highest BCUT2D eigenvalue weighted by Gasteiger charge is 2.42. The van der Waals surface area contributed by atoms with E-state index < -0.39 is 23.3 Å². The molecule has 0 saturated carbocycles. The summed E-state index contributed by atoms with van der Waals surface area (Å²) >= 11 is -0.781. The van der Waals surface area contributed by atoms with E-state index in [2.05, 4.69) is 9.07 Å². The van der Waals surface area contributed by atoms with Gasteiger partial charge in [-0.1, -0.05) is 42.5 Å². The van der Waals surface area contributed by atoms with Gasteiger partial charge < -0.3 is 14.3 Å². The van der Waals surface area contributed by atoms with E-state index in [1.165, 1.54) is 0 Å². The van der Waals surface area contributed by atoms with Gasteiger partial charge in [-0.25, -0.2) is 4.79 Å². The number of rotatable bonds is 5. The maximum atomic E-state index is 13.2. The standard InChI is InChI=1S/C17H12F2O4S/c18-17(19,24-23-21)16(20)22-10-14-7-3-6-13-8-11-4-1-2-5-12(11)9-15(13)14/h1-9,21H,10H2/p-1. The van der Waals surface area contributed by atoms with Crippen molar-refractivity contribution in [2.75, 3.05) is 0 Å². The first kappa shape index (κ1) is 16.6. The molecule has 0 heterocycles. The van der Waals surface area contributed by atoms with Gasteiger partial charge in [0, 0.05) is 0 Å². The minimum absolute atomic E-state index is 0.330. The fourth-order valence-electron chi connectivity index (χ4n) is 2.46. The molecule has 0 atom stereocenters. The van der Waals surface area contributed by atoms with Crippen molar-refractivity contribution in [2.45, 2.75) is 11.9 Å². The molecule has 0 fully saturated rings. The Morgan fingerprint density at radius 3 is 2.42 bits per heavy atom. The lowest BCUT2D eigenvalue weighted by molar-refractivity contribution is -0.630. The zero-order chi connectivity index (χ0) is 17.2. The first-order valence-corrected chi connectivity index (χ1v) is 7.68. The SMILES string of the molecule is O=C(OCc1cccc2cc3ccccc3cc12)C(F)(F)SO[O-]. The van der Waals surface area contributed by atoms with Crippen LogP contribution < -0.4 is 5.26 Å². The Morgan fingerprint density at radius 2 is 1.71 bits per heavy atom. The predicted molar refractivity (Wildman–Crippen MR) is 84.9 cm³/mol. The van der Waals surface area contributed by atoms with E-state index in [0.717, 1.165) is 21.5 Å². The van der Waals surface area contributed by atoms with E-state index in [1.54, 1.807) is 12.1 Å². The molecule has 0 unspecified atom stereocenters. The topological polar surface area (TPSA) is 58.6 Å². The van der Waals surface area contributed by atoms with Crippen LogP contribution in [0.4, 0.5) is 8.78 Å². The second kappa shape index (κ2) is 6.72. The molecule has 0 aliphatic rings. The summed E-state index contributed by atoms with van der Waals surface area (Å²) in [6.45, 7) is -0.330. The molecule has 0 aliphatic carbocycles. The number of hydrogen-bond acceptors (Lipinski definition) is 5. The normalized spacial score (nSPS) is 11.8. The molecular weight excluding hydrogens is 338 g/mol. The van der Waals surface area contributed by atoms with Gasteiger partial charge in [-0.15, -0.1) is 0 Å². The van der Waals surface area contributed by atoms with E-state index in [1.807, 2.05) is 42.5 Å². The summed E-state index contributed by atoms with van der Waals surface area (Å²) in [5.74, 6) is -1.82. The van der Waals surface area contributed by atoms with Crippen LogP contribution >= 0.6 is 12.0 Å². The summed E-state index contributed by atoms with van der Waals surface area (Å²) in [6.07, 6.45) is 0. The number of carbonyl (C=O) groups excluding carboxylic acids is 1.